The second kappa shape index (κ2) is 4.91. The number of carbonyl (C=O) groups excluding carboxylic acids is 1. The molecule has 4 N–H and O–H groups in total. The van der Waals surface area contributed by atoms with Crippen molar-refractivity contribution in [3.05, 3.63) is 17.5 Å². The number of aliphatic hydroxyl groups is 1. The van der Waals surface area contributed by atoms with Crippen molar-refractivity contribution in [3.63, 3.8) is 0 Å². The lowest BCUT2D eigenvalue weighted by atomic mass is 9.52. The lowest BCUT2D eigenvalue weighted by molar-refractivity contribution is -0.136. The van der Waals surface area contributed by atoms with Crippen LogP contribution in [0.15, 0.2) is 6.20 Å². The van der Waals surface area contributed by atoms with Crippen LogP contribution in [0, 0.1) is 17.8 Å². The Morgan fingerprint density at radius 3 is 2.58 bits per heavy atom. The highest BCUT2D eigenvalue weighted by molar-refractivity contribution is 5.95. The number of hydrogen-bond acceptors (Lipinski definition) is 5. The molecule has 0 radical (unpaired) electrons. The molecule has 6 rings (SSSR count). The van der Waals surface area contributed by atoms with E-state index in [1.807, 2.05) is 0 Å². The van der Waals surface area contributed by atoms with Crippen molar-refractivity contribution in [2.45, 2.75) is 62.5 Å². The minimum atomic E-state index is -0.471. The van der Waals surface area contributed by atoms with Crippen LogP contribution in [0.1, 0.15) is 66.9 Å². The van der Waals surface area contributed by atoms with Gasteiger partial charge >= 0.3 is 0 Å². The average molecular weight is 328 g/mol. The van der Waals surface area contributed by atoms with Crippen molar-refractivity contribution in [1.29, 1.82) is 0 Å². The molecule has 5 aliphatic rings. The maximum atomic E-state index is 12.9. The predicted octanol–water partition coefficient (Wildman–Crippen LogP) is 1.61. The quantitative estimate of drug-likeness (QED) is 0.782. The first-order chi connectivity index (χ1) is 11.5. The third-order valence-electron chi connectivity index (χ3n) is 6.58. The van der Waals surface area contributed by atoms with Gasteiger partial charge in [0, 0.05) is 18.2 Å². The topological polar surface area (TPSA) is 101 Å². The summed E-state index contributed by atoms with van der Waals surface area (Å²) in [7, 11) is 0. The Morgan fingerprint density at radius 1 is 1.25 bits per heavy atom. The molecule has 5 aliphatic carbocycles. The van der Waals surface area contributed by atoms with Gasteiger partial charge < -0.3 is 16.2 Å². The molecule has 1 heterocycles. The van der Waals surface area contributed by atoms with Crippen LogP contribution in [0.25, 0.3) is 0 Å². The molecule has 5 fully saturated rings. The largest absolute Gasteiger partial charge is 0.390 e. The lowest BCUT2D eigenvalue weighted by Crippen LogP contribution is -2.61. The summed E-state index contributed by atoms with van der Waals surface area (Å²) in [6.45, 7) is 0. The number of nitrogen functional groups attached to an aromatic ring is 1. The van der Waals surface area contributed by atoms with E-state index >= 15 is 0 Å². The first-order valence-electron chi connectivity index (χ1n) is 9.16. The molecule has 0 spiro atoms. The third-order valence-corrected chi connectivity index (χ3v) is 6.58. The van der Waals surface area contributed by atoms with Crippen molar-refractivity contribution < 1.29 is 9.90 Å². The monoisotopic (exact) mass is 328 g/mol. The molecule has 0 aliphatic heterocycles. The number of carbonyl (C=O) groups is 1. The van der Waals surface area contributed by atoms with Crippen molar-refractivity contribution >= 4 is 11.9 Å². The molecule has 2 atom stereocenters. The van der Waals surface area contributed by atoms with E-state index in [4.69, 9.17) is 5.73 Å². The number of rotatable bonds is 3. The molecule has 128 valence electrons. The van der Waals surface area contributed by atoms with Crippen LogP contribution < -0.4 is 11.1 Å². The maximum absolute atomic E-state index is 12.9. The molecule has 5 saturated carbocycles. The summed E-state index contributed by atoms with van der Waals surface area (Å²) in [6.07, 6.45) is 8.61. The van der Waals surface area contributed by atoms with Crippen LogP contribution >= 0.6 is 0 Å². The molecule has 4 bridgehead atoms. The molecule has 0 aromatic carbocycles. The number of nitrogens with zero attached hydrogens (tertiary/aromatic N) is 2. The fourth-order valence-corrected chi connectivity index (χ4v) is 5.70. The first-order valence-corrected chi connectivity index (χ1v) is 9.16. The summed E-state index contributed by atoms with van der Waals surface area (Å²) in [5, 5.41) is 13.9. The van der Waals surface area contributed by atoms with E-state index < -0.39 is 5.60 Å². The van der Waals surface area contributed by atoms with Crippen molar-refractivity contribution in [1.82, 2.24) is 15.3 Å². The number of hydrogen-bond donors (Lipinski definition) is 3. The highest BCUT2D eigenvalue weighted by atomic mass is 16.3. The van der Waals surface area contributed by atoms with Gasteiger partial charge in [-0.3, -0.25) is 4.79 Å². The Morgan fingerprint density at radius 2 is 1.96 bits per heavy atom. The molecule has 1 amide bonds. The molecule has 2 unspecified atom stereocenters. The van der Waals surface area contributed by atoms with Crippen LogP contribution in [-0.4, -0.2) is 32.6 Å². The molecule has 0 saturated heterocycles. The summed E-state index contributed by atoms with van der Waals surface area (Å²) in [4.78, 5) is 21.2. The van der Waals surface area contributed by atoms with Gasteiger partial charge in [-0.05, 0) is 62.7 Å². The normalized spacial score (nSPS) is 39.9. The molecule has 1 aromatic heterocycles. The summed E-state index contributed by atoms with van der Waals surface area (Å²) in [5.41, 5.74) is 6.62. The van der Waals surface area contributed by atoms with Gasteiger partial charge in [0.25, 0.3) is 5.91 Å². The molecule has 6 nitrogen and oxygen atoms in total. The fraction of sp³-hybridized carbons (Fsp3) is 0.722. The highest BCUT2D eigenvalue weighted by Crippen LogP contribution is 2.55. The van der Waals surface area contributed by atoms with Crippen LogP contribution in [0.3, 0.4) is 0 Å². The van der Waals surface area contributed by atoms with E-state index in [2.05, 4.69) is 15.3 Å². The van der Waals surface area contributed by atoms with Gasteiger partial charge in [-0.1, -0.05) is 0 Å². The smallest absolute Gasteiger partial charge is 0.254 e. The maximum Gasteiger partial charge on any atom is 0.254 e. The Bertz CT molecular complexity index is 686. The summed E-state index contributed by atoms with van der Waals surface area (Å²) in [6, 6.07) is 0.180. The third kappa shape index (κ3) is 2.31. The van der Waals surface area contributed by atoms with E-state index in [-0.39, 0.29) is 17.9 Å². The number of aromatic nitrogens is 2. The molecule has 6 heteroatoms. The second-order valence-corrected chi connectivity index (χ2v) is 8.49. The van der Waals surface area contributed by atoms with Gasteiger partial charge in [-0.2, -0.15) is 0 Å². The molecular weight excluding hydrogens is 304 g/mol. The summed E-state index contributed by atoms with van der Waals surface area (Å²) < 4.78 is 0. The fourth-order valence-electron chi connectivity index (χ4n) is 5.70. The van der Waals surface area contributed by atoms with Gasteiger partial charge in [0.2, 0.25) is 5.95 Å². The SMILES string of the molecule is Nc1ncc(C(=O)NC2C3CC4CC2CC(O)(C4)C3)c(C2CC2)n1. The van der Waals surface area contributed by atoms with E-state index in [1.165, 1.54) is 0 Å². The Balaban J connectivity index is 1.38. The zero-order chi connectivity index (χ0) is 16.5. The Labute approximate surface area is 141 Å². The lowest BCUT2D eigenvalue weighted by Gasteiger charge is -2.58. The van der Waals surface area contributed by atoms with Gasteiger partial charge in [-0.15, -0.1) is 0 Å². The minimum absolute atomic E-state index is 0.0682. The van der Waals surface area contributed by atoms with Crippen LogP contribution in [0.5, 0.6) is 0 Å². The van der Waals surface area contributed by atoms with Crippen molar-refractivity contribution in [3.8, 4) is 0 Å². The van der Waals surface area contributed by atoms with E-state index in [0.29, 0.717) is 29.2 Å². The minimum Gasteiger partial charge on any atom is -0.390 e. The number of amides is 1. The van der Waals surface area contributed by atoms with E-state index in [0.717, 1.165) is 50.6 Å². The van der Waals surface area contributed by atoms with Crippen LogP contribution in [-0.2, 0) is 0 Å². The van der Waals surface area contributed by atoms with Gasteiger partial charge in [0.15, 0.2) is 0 Å². The Kier molecular flexibility index (Phi) is 2.99. The second-order valence-electron chi connectivity index (χ2n) is 8.49. The first kappa shape index (κ1) is 14.6. The number of nitrogens with one attached hydrogen (secondary N) is 1. The molecule has 24 heavy (non-hydrogen) atoms. The molecule has 1 aromatic rings. The zero-order valence-electron chi connectivity index (χ0n) is 13.7. The Hall–Kier alpha value is -1.69. The molecular formula is C18H24N4O2. The van der Waals surface area contributed by atoms with Crippen LogP contribution in [0.2, 0.25) is 0 Å². The van der Waals surface area contributed by atoms with E-state index in [1.54, 1.807) is 6.20 Å². The van der Waals surface area contributed by atoms with Crippen molar-refractivity contribution in [2.75, 3.05) is 5.73 Å². The summed E-state index contributed by atoms with van der Waals surface area (Å²) in [5.74, 6) is 1.98. The van der Waals surface area contributed by atoms with Gasteiger partial charge in [0.05, 0.1) is 16.9 Å². The van der Waals surface area contributed by atoms with Gasteiger partial charge in [0.1, 0.15) is 0 Å². The van der Waals surface area contributed by atoms with Crippen molar-refractivity contribution in [2.24, 2.45) is 17.8 Å². The zero-order valence-corrected chi connectivity index (χ0v) is 13.7. The van der Waals surface area contributed by atoms with Crippen LogP contribution in [0.4, 0.5) is 5.95 Å². The number of anilines is 1. The van der Waals surface area contributed by atoms with E-state index in [9.17, 15) is 9.90 Å². The standard InChI is InChI=1S/C18H24N4O2/c19-17-20-8-13(15(22-17)10-1-2-10)16(23)21-14-11-3-9-4-12(14)7-18(24,5-9)6-11/h8-12,14,24H,1-7H2,(H,21,23)(H2,19,20,22). The highest BCUT2D eigenvalue weighted by Gasteiger charge is 2.55. The van der Waals surface area contributed by atoms with Gasteiger partial charge in [-0.25, -0.2) is 9.97 Å². The average Bonchev–Trinajstić information content (AvgIpc) is 3.33. The predicted molar refractivity (Wildman–Crippen MR) is 88.2 cm³/mol. The summed E-state index contributed by atoms with van der Waals surface area (Å²) >= 11 is 0. The number of nitrogens with two attached hydrogens (primary N) is 1.